The molecule has 0 saturated heterocycles. The summed E-state index contributed by atoms with van der Waals surface area (Å²) in [6.07, 6.45) is 5.21. The monoisotopic (exact) mass is 354 g/mol. The summed E-state index contributed by atoms with van der Waals surface area (Å²) in [5.41, 5.74) is 4.20. The molecule has 0 saturated carbocycles. The van der Waals surface area contributed by atoms with Crippen LogP contribution in [0.3, 0.4) is 0 Å². The number of benzene rings is 1. The normalized spacial score (nSPS) is 13.3. The molecule has 0 amide bonds. The molecular weight excluding hydrogens is 332 g/mol. The van der Waals surface area contributed by atoms with Gasteiger partial charge in [-0.3, -0.25) is 9.78 Å². The van der Waals surface area contributed by atoms with Crippen molar-refractivity contribution in [2.24, 2.45) is 0 Å². The molecule has 2 N–H and O–H groups in total. The molecule has 8 nitrogen and oxygen atoms in total. The number of anilines is 2. The second-order valence-electron chi connectivity index (χ2n) is 6.56. The van der Waals surface area contributed by atoms with Crippen LogP contribution >= 0.6 is 0 Å². The average Bonchev–Trinajstić information content (AvgIpc) is 3.25. The Bertz CT molecular complexity index is 977. The van der Waals surface area contributed by atoms with Crippen molar-refractivity contribution in [1.29, 1.82) is 0 Å². The van der Waals surface area contributed by atoms with Crippen LogP contribution < -0.4 is 10.9 Å². The number of fused-ring (bicyclic) bond motifs is 2. The molecule has 0 radical (unpaired) electrons. The minimum atomic E-state index is -0.240. The first-order valence-corrected chi connectivity index (χ1v) is 8.96. The van der Waals surface area contributed by atoms with Crippen molar-refractivity contribution in [3.63, 3.8) is 0 Å². The summed E-state index contributed by atoms with van der Waals surface area (Å²) in [5, 5.41) is 11.3. The van der Waals surface area contributed by atoms with Crippen molar-refractivity contribution >= 4 is 22.8 Å². The molecule has 8 heteroatoms. The summed E-state index contributed by atoms with van der Waals surface area (Å²) in [5.74, 6) is 0.381. The number of nitrogens with one attached hydrogen (secondary N) is 2. The Hall–Kier alpha value is -2.74. The van der Waals surface area contributed by atoms with Gasteiger partial charge in [0.05, 0.1) is 0 Å². The van der Waals surface area contributed by atoms with E-state index in [9.17, 15) is 4.79 Å². The first-order chi connectivity index (χ1) is 12.7. The van der Waals surface area contributed by atoms with Crippen LogP contribution in [0.4, 0.5) is 11.6 Å². The van der Waals surface area contributed by atoms with Crippen LogP contribution in [0, 0.1) is 0 Å². The highest BCUT2D eigenvalue weighted by atomic mass is 16.5. The number of aromatic nitrogens is 5. The lowest BCUT2D eigenvalue weighted by Crippen LogP contribution is -2.15. The van der Waals surface area contributed by atoms with E-state index in [-0.39, 0.29) is 5.56 Å². The fraction of sp³-hybridized carbons (Fsp3) is 0.444. The molecule has 136 valence electrons. The van der Waals surface area contributed by atoms with E-state index in [1.165, 1.54) is 17.5 Å². The summed E-state index contributed by atoms with van der Waals surface area (Å²) in [7, 11) is 1.68. The van der Waals surface area contributed by atoms with Gasteiger partial charge in [-0.05, 0) is 55.4 Å². The fourth-order valence-corrected chi connectivity index (χ4v) is 3.41. The van der Waals surface area contributed by atoms with E-state index in [1.807, 2.05) is 6.07 Å². The average molecular weight is 354 g/mol. The SMILES string of the molecule is COCCCCn1nnc2nc(Nc3ccc4c(c3)CCC4)[nH]c(=O)c21. The first kappa shape index (κ1) is 16.7. The van der Waals surface area contributed by atoms with Gasteiger partial charge < -0.3 is 10.1 Å². The van der Waals surface area contributed by atoms with Gasteiger partial charge >= 0.3 is 0 Å². The highest BCUT2D eigenvalue weighted by Crippen LogP contribution is 2.25. The molecule has 26 heavy (non-hydrogen) atoms. The Morgan fingerprint density at radius 2 is 2.15 bits per heavy atom. The van der Waals surface area contributed by atoms with Crippen molar-refractivity contribution in [1.82, 2.24) is 25.0 Å². The predicted octanol–water partition coefficient (Wildman–Crippen LogP) is 2.17. The lowest BCUT2D eigenvalue weighted by molar-refractivity contribution is 0.191. The van der Waals surface area contributed by atoms with E-state index >= 15 is 0 Å². The van der Waals surface area contributed by atoms with Gasteiger partial charge in [-0.15, -0.1) is 5.10 Å². The van der Waals surface area contributed by atoms with Gasteiger partial charge in [0.25, 0.3) is 5.56 Å². The van der Waals surface area contributed by atoms with Crippen LogP contribution in [0.15, 0.2) is 23.0 Å². The van der Waals surface area contributed by atoms with Crippen molar-refractivity contribution in [3.05, 3.63) is 39.7 Å². The van der Waals surface area contributed by atoms with Crippen LogP contribution in [-0.2, 0) is 24.1 Å². The van der Waals surface area contributed by atoms with Crippen LogP contribution in [0.25, 0.3) is 11.2 Å². The molecule has 0 aliphatic heterocycles. The van der Waals surface area contributed by atoms with E-state index < -0.39 is 0 Å². The second kappa shape index (κ2) is 7.25. The quantitative estimate of drug-likeness (QED) is 0.631. The predicted molar refractivity (Wildman–Crippen MR) is 98.8 cm³/mol. The van der Waals surface area contributed by atoms with Gasteiger partial charge in [0, 0.05) is 25.9 Å². The number of methoxy groups -OCH3 is 1. The molecule has 0 unspecified atom stereocenters. The molecule has 2 heterocycles. The van der Waals surface area contributed by atoms with Crippen molar-refractivity contribution in [2.75, 3.05) is 19.0 Å². The van der Waals surface area contributed by atoms with Crippen molar-refractivity contribution in [3.8, 4) is 0 Å². The molecule has 0 atom stereocenters. The third kappa shape index (κ3) is 3.32. The molecule has 1 aromatic carbocycles. The smallest absolute Gasteiger partial charge is 0.280 e. The summed E-state index contributed by atoms with van der Waals surface area (Å²) >= 11 is 0. The number of hydrogen-bond acceptors (Lipinski definition) is 6. The maximum atomic E-state index is 12.5. The van der Waals surface area contributed by atoms with E-state index in [2.05, 4.69) is 37.7 Å². The standard InChI is InChI=1S/C18H22N6O2/c1-26-10-3-2-9-24-15-16(22-23-24)20-18(21-17(15)25)19-14-8-7-12-5-4-6-13(12)11-14/h7-8,11H,2-6,9-10H2,1H3,(H2,19,20,21,25). The van der Waals surface area contributed by atoms with E-state index in [0.717, 1.165) is 31.4 Å². The van der Waals surface area contributed by atoms with Gasteiger partial charge in [0.15, 0.2) is 5.52 Å². The van der Waals surface area contributed by atoms with Gasteiger partial charge in [0.2, 0.25) is 11.6 Å². The highest BCUT2D eigenvalue weighted by molar-refractivity contribution is 5.70. The number of hydrogen-bond donors (Lipinski definition) is 2. The Balaban J connectivity index is 1.55. The number of H-pyrrole nitrogens is 1. The molecule has 1 aliphatic rings. The highest BCUT2D eigenvalue weighted by Gasteiger charge is 2.14. The van der Waals surface area contributed by atoms with Crippen molar-refractivity contribution in [2.45, 2.75) is 38.6 Å². The number of ether oxygens (including phenoxy) is 1. The lowest BCUT2D eigenvalue weighted by Gasteiger charge is -2.07. The number of aromatic amines is 1. The van der Waals surface area contributed by atoms with Crippen LogP contribution in [-0.4, -0.2) is 38.7 Å². The molecule has 3 aromatic rings. The third-order valence-corrected chi connectivity index (χ3v) is 4.71. The van der Waals surface area contributed by atoms with Crippen LogP contribution in [0.1, 0.15) is 30.4 Å². The second-order valence-corrected chi connectivity index (χ2v) is 6.56. The zero-order valence-corrected chi connectivity index (χ0v) is 14.8. The Morgan fingerprint density at radius 1 is 1.27 bits per heavy atom. The van der Waals surface area contributed by atoms with Gasteiger partial charge in [-0.25, -0.2) is 4.68 Å². The van der Waals surface area contributed by atoms with Crippen molar-refractivity contribution < 1.29 is 4.74 Å². The lowest BCUT2D eigenvalue weighted by atomic mass is 10.1. The molecule has 1 aliphatic carbocycles. The molecule has 0 spiro atoms. The van der Waals surface area contributed by atoms with Gasteiger partial charge in [0.1, 0.15) is 0 Å². The molecule has 0 fully saturated rings. The van der Waals surface area contributed by atoms with E-state index in [1.54, 1.807) is 11.8 Å². The Kier molecular flexibility index (Phi) is 4.66. The van der Waals surface area contributed by atoms with Crippen LogP contribution in [0.5, 0.6) is 0 Å². The van der Waals surface area contributed by atoms with E-state index in [0.29, 0.717) is 30.3 Å². The Morgan fingerprint density at radius 3 is 3.04 bits per heavy atom. The molecule has 4 rings (SSSR count). The number of nitrogens with zero attached hydrogens (tertiary/aromatic N) is 4. The first-order valence-electron chi connectivity index (χ1n) is 8.96. The topological polar surface area (TPSA) is 97.7 Å². The maximum Gasteiger partial charge on any atom is 0.280 e. The third-order valence-electron chi connectivity index (χ3n) is 4.71. The fourth-order valence-electron chi connectivity index (χ4n) is 3.41. The zero-order chi connectivity index (χ0) is 17.9. The summed E-state index contributed by atoms with van der Waals surface area (Å²) in [4.78, 5) is 19.7. The summed E-state index contributed by atoms with van der Waals surface area (Å²) < 4.78 is 6.65. The van der Waals surface area contributed by atoms with Gasteiger partial charge in [-0.1, -0.05) is 11.3 Å². The molecular formula is C18H22N6O2. The minimum Gasteiger partial charge on any atom is -0.385 e. The Labute approximate surface area is 150 Å². The molecule has 2 aromatic heterocycles. The summed E-state index contributed by atoms with van der Waals surface area (Å²) in [6.45, 7) is 1.30. The maximum absolute atomic E-state index is 12.5. The number of rotatable bonds is 7. The largest absolute Gasteiger partial charge is 0.385 e. The van der Waals surface area contributed by atoms with Crippen LogP contribution in [0.2, 0.25) is 0 Å². The summed E-state index contributed by atoms with van der Waals surface area (Å²) in [6, 6.07) is 6.28. The number of aryl methyl sites for hydroxylation is 3. The zero-order valence-electron chi connectivity index (χ0n) is 14.8. The molecule has 0 bridgehead atoms. The minimum absolute atomic E-state index is 0.240. The van der Waals surface area contributed by atoms with Gasteiger partial charge in [-0.2, -0.15) is 4.98 Å². The van der Waals surface area contributed by atoms with E-state index in [4.69, 9.17) is 4.74 Å². The number of unbranched alkanes of at least 4 members (excludes halogenated alkanes) is 1.